The third-order valence-corrected chi connectivity index (χ3v) is 3.60. The Bertz CT molecular complexity index is 348. The van der Waals surface area contributed by atoms with Gasteiger partial charge in [0.15, 0.2) is 0 Å². The van der Waals surface area contributed by atoms with Crippen LogP contribution in [0.4, 0.5) is 0 Å². The summed E-state index contributed by atoms with van der Waals surface area (Å²) >= 11 is 0. The van der Waals surface area contributed by atoms with E-state index in [0.717, 1.165) is 24.8 Å². The molecule has 0 bridgehead atoms. The lowest BCUT2D eigenvalue weighted by Crippen LogP contribution is -2.39. The van der Waals surface area contributed by atoms with Gasteiger partial charge >= 0.3 is 0 Å². The highest BCUT2D eigenvalue weighted by Gasteiger charge is 2.29. The Balaban J connectivity index is 1.85. The van der Waals surface area contributed by atoms with Gasteiger partial charge in [-0.25, -0.2) is 0 Å². The van der Waals surface area contributed by atoms with E-state index in [1.54, 1.807) is 12.5 Å². The van der Waals surface area contributed by atoms with Crippen LogP contribution in [0.25, 0.3) is 0 Å². The zero-order valence-electron chi connectivity index (χ0n) is 10.0. The summed E-state index contributed by atoms with van der Waals surface area (Å²) in [4.78, 5) is 12.1. The van der Waals surface area contributed by atoms with Crippen LogP contribution in [0.1, 0.15) is 31.2 Å². The summed E-state index contributed by atoms with van der Waals surface area (Å²) in [5.41, 5.74) is 6.73. The lowest BCUT2D eigenvalue weighted by atomic mass is 9.79. The molecule has 2 rings (SSSR count). The lowest BCUT2D eigenvalue weighted by Gasteiger charge is -2.29. The van der Waals surface area contributed by atoms with Gasteiger partial charge in [0.25, 0.3) is 0 Å². The van der Waals surface area contributed by atoms with Crippen LogP contribution < -0.4 is 11.1 Å². The van der Waals surface area contributed by atoms with Crippen LogP contribution in [0, 0.1) is 11.8 Å². The predicted molar refractivity (Wildman–Crippen MR) is 65.1 cm³/mol. The molecule has 1 fully saturated rings. The predicted octanol–water partition coefficient (Wildman–Crippen LogP) is 1.66. The van der Waals surface area contributed by atoms with Crippen molar-refractivity contribution in [3.8, 4) is 0 Å². The van der Waals surface area contributed by atoms with Gasteiger partial charge in [0.1, 0.15) is 0 Å². The van der Waals surface area contributed by atoms with E-state index in [1.165, 1.54) is 6.42 Å². The smallest absolute Gasteiger partial charge is 0.223 e. The van der Waals surface area contributed by atoms with Crippen LogP contribution in [-0.2, 0) is 11.3 Å². The molecule has 0 radical (unpaired) electrons. The highest BCUT2D eigenvalue weighted by molar-refractivity contribution is 5.79. The number of hydrogen-bond acceptors (Lipinski definition) is 3. The Hall–Kier alpha value is -1.29. The van der Waals surface area contributed by atoms with Crippen molar-refractivity contribution in [3.63, 3.8) is 0 Å². The summed E-state index contributed by atoms with van der Waals surface area (Å²) in [6.07, 6.45) is 7.67. The van der Waals surface area contributed by atoms with Crippen molar-refractivity contribution in [1.29, 1.82) is 0 Å². The topological polar surface area (TPSA) is 68.3 Å². The van der Waals surface area contributed by atoms with Crippen LogP contribution in [-0.4, -0.2) is 12.5 Å². The van der Waals surface area contributed by atoms with Crippen molar-refractivity contribution in [2.45, 2.75) is 32.2 Å². The molecule has 1 aromatic heterocycles. The van der Waals surface area contributed by atoms with E-state index in [4.69, 9.17) is 10.2 Å². The molecule has 4 heteroatoms. The molecule has 4 nitrogen and oxygen atoms in total. The molecule has 1 aromatic rings. The highest BCUT2D eigenvalue weighted by atomic mass is 16.3. The van der Waals surface area contributed by atoms with Gasteiger partial charge in [-0.3, -0.25) is 4.79 Å². The molecule has 0 aliphatic heterocycles. The van der Waals surface area contributed by atoms with E-state index in [9.17, 15) is 4.79 Å². The minimum atomic E-state index is 0.0978. The monoisotopic (exact) mass is 236 g/mol. The molecule has 0 spiro atoms. The first-order valence-electron chi connectivity index (χ1n) is 6.30. The first kappa shape index (κ1) is 12.2. The molecule has 3 N–H and O–H groups in total. The van der Waals surface area contributed by atoms with Crippen LogP contribution in [0.15, 0.2) is 23.0 Å². The van der Waals surface area contributed by atoms with E-state index < -0.39 is 0 Å². The number of hydrogen-bond donors (Lipinski definition) is 2. The second-order valence-corrected chi connectivity index (χ2v) is 4.74. The molecule has 1 amide bonds. The van der Waals surface area contributed by atoms with Crippen molar-refractivity contribution in [2.24, 2.45) is 17.6 Å². The summed E-state index contributed by atoms with van der Waals surface area (Å²) < 4.78 is 4.96. The molecule has 0 saturated heterocycles. The van der Waals surface area contributed by atoms with Crippen LogP contribution in [0.5, 0.6) is 0 Å². The minimum absolute atomic E-state index is 0.0978. The number of carbonyl (C=O) groups excluding carboxylic acids is 1. The maximum absolute atomic E-state index is 12.1. The highest BCUT2D eigenvalue weighted by Crippen LogP contribution is 2.29. The van der Waals surface area contributed by atoms with E-state index in [1.807, 2.05) is 6.07 Å². The van der Waals surface area contributed by atoms with E-state index in [-0.39, 0.29) is 11.8 Å². The normalized spacial score (nSPS) is 24.5. The SMILES string of the molecule is NCC1CCCCC1C(=O)NCc1ccoc1. The Labute approximate surface area is 102 Å². The van der Waals surface area contributed by atoms with Crippen molar-refractivity contribution in [1.82, 2.24) is 5.32 Å². The van der Waals surface area contributed by atoms with E-state index in [2.05, 4.69) is 5.32 Å². The Kier molecular flexibility index (Phi) is 4.20. The second-order valence-electron chi connectivity index (χ2n) is 4.74. The van der Waals surface area contributed by atoms with Gasteiger partial charge in [-0.15, -0.1) is 0 Å². The minimum Gasteiger partial charge on any atom is -0.472 e. The van der Waals surface area contributed by atoms with E-state index in [0.29, 0.717) is 19.0 Å². The maximum atomic E-state index is 12.1. The van der Waals surface area contributed by atoms with Gasteiger partial charge in [-0.1, -0.05) is 12.8 Å². The van der Waals surface area contributed by atoms with Crippen LogP contribution in [0.2, 0.25) is 0 Å². The number of carbonyl (C=O) groups is 1. The van der Waals surface area contributed by atoms with Gasteiger partial charge in [0, 0.05) is 18.0 Å². The van der Waals surface area contributed by atoms with Gasteiger partial charge in [0.2, 0.25) is 5.91 Å². The van der Waals surface area contributed by atoms with Gasteiger partial charge in [-0.05, 0) is 31.4 Å². The van der Waals surface area contributed by atoms with Crippen LogP contribution in [0.3, 0.4) is 0 Å². The molecular weight excluding hydrogens is 216 g/mol. The van der Waals surface area contributed by atoms with Crippen molar-refractivity contribution in [2.75, 3.05) is 6.54 Å². The Morgan fingerprint density at radius 3 is 3.00 bits per heavy atom. The molecule has 17 heavy (non-hydrogen) atoms. The lowest BCUT2D eigenvalue weighted by molar-refractivity contribution is -0.127. The fourth-order valence-corrected chi connectivity index (χ4v) is 2.55. The molecule has 1 aliphatic rings. The van der Waals surface area contributed by atoms with Crippen molar-refractivity contribution < 1.29 is 9.21 Å². The summed E-state index contributed by atoms with van der Waals surface area (Å²) in [7, 11) is 0. The van der Waals surface area contributed by atoms with E-state index >= 15 is 0 Å². The quantitative estimate of drug-likeness (QED) is 0.835. The molecule has 1 heterocycles. The fourth-order valence-electron chi connectivity index (χ4n) is 2.55. The second kappa shape index (κ2) is 5.87. The molecule has 1 saturated carbocycles. The number of rotatable bonds is 4. The third-order valence-electron chi connectivity index (χ3n) is 3.60. The molecule has 2 unspecified atom stereocenters. The number of furan rings is 1. The van der Waals surface area contributed by atoms with Gasteiger partial charge in [0.05, 0.1) is 12.5 Å². The van der Waals surface area contributed by atoms with Crippen molar-refractivity contribution >= 4 is 5.91 Å². The number of nitrogens with two attached hydrogens (primary N) is 1. The zero-order chi connectivity index (χ0) is 12.1. The molecule has 1 aliphatic carbocycles. The number of nitrogens with one attached hydrogen (secondary N) is 1. The summed E-state index contributed by atoms with van der Waals surface area (Å²) in [6, 6.07) is 1.86. The average molecular weight is 236 g/mol. The zero-order valence-corrected chi connectivity index (χ0v) is 10.0. The standard InChI is InChI=1S/C13H20N2O2/c14-7-11-3-1-2-4-12(11)13(16)15-8-10-5-6-17-9-10/h5-6,9,11-12H,1-4,7-8,14H2,(H,15,16). The summed E-state index contributed by atoms with van der Waals surface area (Å²) in [5, 5.41) is 2.96. The first-order valence-corrected chi connectivity index (χ1v) is 6.30. The Morgan fingerprint density at radius 1 is 1.47 bits per heavy atom. The third kappa shape index (κ3) is 3.09. The van der Waals surface area contributed by atoms with Gasteiger partial charge < -0.3 is 15.5 Å². The largest absolute Gasteiger partial charge is 0.472 e. The first-order chi connectivity index (χ1) is 8.31. The Morgan fingerprint density at radius 2 is 2.29 bits per heavy atom. The molecule has 2 atom stereocenters. The van der Waals surface area contributed by atoms with Gasteiger partial charge in [-0.2, -0.15) is 0 Å². The van der Waals surface area contributed by atoms with Crippen LogP contribution >= 0.6 is 0 Å². The average Bonchev–Trinajstić information content (AvgIpc) is 2.89. The summed E-state index contributed by atoms with van der Waals surface area (Å²) in [5.74, 6) is 0.593. The maximum Gasteiger partial charge on any atom is 0.223 e. The van der Waals surface area contributed by atoms with Crippen molar-refractivity contribution in [3.05, 3.63) is 24.2 Å². The summed E-state index contributed by atoms with van der Waals surface area (Å²) in [6.45, 7) is 1.16. The molecular formula is C13H20N2O2. The molecule has 0 aromatic carbocycles. The molecule has 94 valence electrons. The number of amides is 1. The fraction of sp³-hybridized carbons (Fsp3) is 0.615.